The molecule has 0 aromatic carbocycles. The summed E-state index contributed by atoms with van der Waals surface area (Å²) in [5, 5.41) is 9.27. The maximum Gasteiger partial charge on any atom is 0.407 e. The predicted octanol–water partition coefficient (Wildman–Crippen LogP) is 3.33. The van der Waals surface area contributed by atoms with Crippen LogP contribution in [-0.2, 0) is 4.79 Å². The van der Waals surface area contributed by atoms with Crippen LogP contribution in [0.15, 0.2) is 12.7 Å². The summed E-state index contributed by atoms with van der Waals surface area (Å²) >= 11 is 0. The fourth-order valence-electron chi connectivity index (χ4n) is 2.76. The van der Waals surface area contributed by atoms with E-state index in [-0.39, 0.29) is 23.2 Å². The molecule has 0 bridgehead atoms. The molecule has 1 rings (SSSR count). The zero-order chi connectivity index (χ0) is 14.6. The van der Waals surface area contributed by atoms with Gasteiger partial charge in [-0.05, 0) is 24.7 Å². The van der Waals surface area contributed by atoms with Crippen LogP contribution in [0, 0.1) is 11.3 Å². The summed E-state index contributed by atoms with van der Waals surface area (Å²) < 4.78 is 0. The van der Waals surface area contributed by atoms with Crippen molar-refractivity contribution in [2.24, 2.45) is 11.3 Å². The lowest BCUT2D eigenvalue weighted by molar-refractivity contribution is -0.125. The van der Waals surface area contributed by atoms with Crippen LogP contribution < -0.4 is 0 Å². The Morgan fingerprint density at radius 3 is 2.53 bits per heavy atom. The number of piperidine rings is 1. The van der Waals surface area contributed by atoms with E-state index >= 15 is 0 Å². The number of ketones is 1. The Kier molecular flexibility index (Phi) is 5.15. The Morgan fingerprint density at radius 1 is 1.42 bits per heavy atom. The predicted molar refractivity (Wildman–Crippen MR) is 75.1 cm³/mol. The highest BCUT2D eigenvalue weighted by Gasteiger charge is 2.40. The van der Waals surface area contributed by atoms with Crippen molar-refractivity contribution < 1.29 is 14.7 Å². The normalized spacial score (nSPS) is 24.1. The van der Waals surface area contributed by atoms with Crippen molar-refractivity contribution in [2.75, 3.05) is 6.54 Å². The van der Waals surface area contributed by atoms with E-state index in [1.807, 2.05) is 20.8 Å². The highest BCUT2D eigenvalue weighted by Crippen LogP contribution is 2.35. The SMILES string of the molecule is C=CCCC(=O)C1CCN(C(=O)O)C(C(C)(C)C)C1. The van der Waals surface area contributed by atoms with Gasteiger partial charge in [-0.25, -0.2) is 4.79 Å². The average molecular weight is 267 g/mol. The average Bonchev–Trinajstić information content (AvgIpc) is 2.34. The largest absolute Gasteiger partial charge is 0.465 e. The van der Waals surface area contributed by atoms with Crippen molar-refractivity contribution in [2.45, 2.75) is 52.5 Å². The van der Waals surface area contributed by atoms with Gasteiger partial charge in [0.15, 0.2) is 0 Å². The molecule has 0 aromatic rings. The second kappa shape index (κ2) is 6.22. The second-order valence-electron chi connectivity index (χ2n) is 6.37. The van der Waals surface area contributed by atoms with Gasteiger partial charge in [0.2, 0.25) is 0 Å². The number of rotatable bonds is 4. The van der Waals surface area contributed by atoms with Crippen molar-refractivity contribution >= 4 is 11.9 Å². The standard InChI is InChI=1S/C15H25NO3/c1-5-6-7-12(17)11-8-9-16(14(18)19)13(10-11)15(2,3)4/h5,11,13H,1,6-10H2,2-4H3,(H,18,19). The number of carbonyl (C=O) groups excluding carboxylic acids is 1. The second-order valence-corrected chi connectivity index (χ2v) is 6.37. The van der Waals surface area contributed by atoms with E-state index in [0.717, 1.165) is 0 Å². The molecule has 1 N–H and O–H groups in total. The van der Waals surface area contributed by atoms with Gasteiger partial charge in [0, 0.05) is 24.9 Å². The van der Waals surface area contributed by atoms with Crippen LogP contribution in [0.5, 0.6) is 0 Å². The Hall–Kier alpha value is -1.32. The Morgan fingerprint density at radius 2 is 2.05 bits per heavy atom. The van der Waals surface area contributed by atoms with E-state index < -0.39 is 6.09 Å². The van der Waals surface area contributed by atoms with E-state index in [4.69, 9.17) is 0 Å². The van der Waals surface area contributed by atoms with Crippen LogP contribution in [-0.4, -0.2) is 34.5 Å². The van der Waals surface area contributed by atoms with Crippen molar-refractivity contribution in [3.63, 3.8) is 0 Å². The maximum absolute atomic E-state index is 12.1. The summed E-state index contributed by atoms with van der Waals surface area (Å²) in [5.74, 6) is 0.249. The van der Waals surface area contributed by atoms with E-state index in [1.165, 1.54) is 4.90 Å². The van der Waals surface area contributed by atoms with Crippen molar-refractivity contribution in [3.05, 3.63) is 12.7 Å². The Balaban J connectivity index is 2.76. The van der Waals surface area contributed by atoms with Gasteiger partial charge < -0.3 is 10.0 Å². The first-order valence-electron chi connectivity index (χ1n) is 6.90. The first-order chi connectivity index (χ1) is 8.77. The minimum Gasteiger partial charge on any atom is -0.465 e. The molecule has 4 nitrogen and oxygen atoms in total. The molecule has 4 heteroatoms. The van der Waals surface area contributed by atoms with Crippen LogP contribution in [0.1, 0.15) is 46.5 Å². The monoisotopic (exact) mass is 267 g/mol. The molecule has 108 valence electrons. The van der Waals surface area contributed by atoms with Gasteiger partial charge in [0.05, 0.1) is 0 Å². The molecule has 1 saturated heterocycles. The molecule has 19 heavy (non-hydrogen) atoms. The summed E-state index contributed by atoms with van der Waals surface area (Å²) in [5.41, 5.74) is -0.143. The van der Waals surface area contributed by atoms with Crippen LogP contribution >= 0.6 is 0 Å². The smallest absolute Gasteiger partial charge is 0.407 e. The van der Waals surface area contributed by atoms with Gasteiger partial charge in [-0.2, -0.15) is 0 Å². The minimum absolute atomic E-state index is 0.000208. The number of carbonyl (C=O) groups is 2. The minimum atomic E-state index is -0.878. The summed E-state index contributed by atoms with van der Waals surface area (Å²) in [7, 11) is 0. The number of nitrogens with zero attached hydrogens (tertiary/aromatic N) is 1. The lowest BCUT2D eigenvalue weighted by Crippen LogP contribution is -2.52. The number of Topliss-reactive ketones (excluding diaryl/α,β-unsaturated/α-hetero) is 1. The molecule has 0 aliphatic carbocycles. The molecule has 1 aliphatic rings. The van der Waals surface area contributed by atoms with Crippen LogP contribution in [0.25, 0.3) is 0 Å². The molecule has 0 saturated carbocycles. The molecule has 2 atom stereocenters. The van der Waals surface area contributed by atoms with Gasteiger partial charge in [0.1, 0.15) is 5.78 Å². The number of carboxylic acid groups (broad SMARTS) is 1. The number of hydrogen-bond donors (Lipinski definition) is 1. The van der Waals surface area contributed by atoms with Crippen LogP contribution in [0.2, 0.25) is 0 Å². The van der Waals surface area contributed by atoms with E-state index in [1.54, 1.807) is 6.08 Å². The van der Waals surface area contributed by atoms with Gasteiger partial charge in [-0.3, -0.25) is 4.79 Å². The third-order valence-corrected chi connectivity index (χ3v) is 3.90. The Labute approximate surface area is 115 Å². The quantitative estimate of drug-likeness (QED) is 0.795. The number of allylic oxidation sites excluding steroid dienone is 1. The van der Waals surface area contributed by atoms with E-state index in [2.05, 4.69) is 6.58 Å². The van der Waals surface area contributed by atoms with Gasteiger partial charge in [-0.1, -0.05) is 26.8 Å². The first kappa shape index (κ1) is 15.7. The summed E-state index contributed by atoms with van der Waals surface area (Å²) in [4.78, 5) is 24.9. The van der Waals surface area contributed by atoms with Crippen molar-refractivity contribution in [1.82, 2.24) is 4.90 Å². The van der Waals surface area contributed by atoms with Crippen LogP contribution in [0.3, 0.4) is 0 Å². The number of amides is 1. The van der Waals surface area contributed by atoms with Crippen LogP contribution in [0.4, 0.5) is 4.79 Å². The lowest BCUT2D eigenvalue weighted by atomic mass is 9.75. The van der Waals surface area contributed by atoms with Gasteiger partial charge >= 0.3 is 6.09 Å². The molecule has 1 amide bonds. The fraction of sp³-hybridized carbons (Fsp3) is 0.733. The molecule has 1 heterocycles. The zero-order valence-corrected chi connectivity index (χ0v) is 12.2. The van der Waals surface area contributed by atoms with Gasteiger partial charge in [-0.15, -0.1) is 6.58 Å². The first-order valence-corrected chi connectivity index (χ1v) is 6.90. The molecule has 2 unspecified atom stereocenters. The molecule has 1 fully saturated rings. The third-order valence-electron chi connectivity index (χ3n) is 3.90. The maximum atomic E-state index is 12.1. The summed E-state index contributed by atoms with van der Waals surface area (Å²) in [6.07, 6.45) is 3.40. The fourth-order valence-corrected chi connectivity index (χ4v) is 2.76. The van der Waals surface area contributed by atoms with Crippen molar-refractivity contribution in [1.29, 1.82) is 0 Å². The van der Waals surface area contributed by atoms with Gasteiger partial charge in [0.25, 0.3) is 0 Å². The molecule has 0 spiro atoms. The molecular weight excluding hydrogens is 242 g/mol. The van der Waals surface area contributed by atoms with E-state index in [9.17, 15) is 14.7 Å². The highest BCUT2D eigenvalue weighted by atomic mass is 16.4. The molecular formula is C15H25NO3. The lowest BCUT2D eigenvalue weighted by Gasteiger charge is -2.44. The zero-order valence-electron chi connectivity index (χ0n) is 12.2. The van der Waals surface area contributed by atoms with E-state index in [0.29, 0.717) is 32.2 Å². The molecule has 1 aliphatic heterocycles. The topological polar surface area (TPSA) is 57.6 Å². The third kappa shape index (κ3) is 4.08. The number of likely N-dealkylation sites (tertiary alicyclic amines) is 1. The highest BCUT2D eigenvalue weighted by molar-refractivity contribution is 5.81. The van der Waals surface area contributed by atoms with Crippen molar-refractivity contribution in [3.8, 4) is 0 Å². The Bertz CT molecular complexity index is 357. The summed E-state index contributed by atoms with van der Waals surface area (Å²) in [6.45, 7) is 10.2. The molecule has 0 aromatic heterocycles. The summed E-state index contributed by atoms with van der Waals surface area (Å²) in [6, 6.07) is -0.0866. The molecule has 0 radical (unpaired) electrons. The number of hydrogen-bond acceptors (Lipinski definition) is 2.